The summed E-state index contributed by atoms with van der Waals surface area (Å²) in [6.45, 7) is 13.9. The van der Waals surface area contributed by atoms with E-state index in [0.29, 0.717) is 30.2 Å². The molecule has 1 N–H and O–H groups in total. The minimum absolute atomic E-state index is 0.00364. The molecule has 206 valence electrons. The van der Waals surface area contributed by atoms with Gasteiger partial charge in [-0.1, -0.05) is 48.0 Å². The number of carbonyl (C=O) groups excluding carboxylic acids is 2. The number of esters is 1. The molecule has 6 atom stereocenters. The zero-order valence-electron chi connectivity index (χ0n) is 22.7. The van der Waals surface area contributed by atoms with Crippen molar-refractivity contribution >= 4 is 33.7 Å². The fourth-order valence-electron chi connectivity index (χ4n) is 7.32. The maximum Gasteiger partial charge on any atom is 0.412 e. The van der Waals surface area contributed by atoms with Crippen LogP contribution < -0.4 is 5.32 Å². The van der Waals surface area contributed by atoms with Crippen LogP contribution in [0.4, 0.5) is 10.5 Å². The van der Waals surface area contributed by atoms with E-state index in [0.717, 1.165) is 30.2 Å². The highest BCUT2D eigenvalue weighted by molar-refractivity contribution is 9.10. The Balaban J connectivity index is 1.31. The van der Waals surface area contributed by atoms with Crippen molar-refractivity contribution in [2.45, 2.75) is 77.8 Å². The van der Waals surface area contributed by atoms with E-state index >= 15 is 0 Å². The lowest BCUT2D eigenvalue weighted by atomic mass is 9.46. The third-order valence-corrected chi connectivity index (χ3v) is 9.86. The standard InChI is InChI=1S/C30H38BrNO6/c1-18-6-13-24-29(4,15-14-25-30(24,5)17-36-28(2,3)38-25)22(18)12-11-21-23(16-35-26(21)33)37-27(34)32-20-9-7-19(31)8-10-20/h7-11,22-25H,1,6,12-17H2,2-5H3,(H,32,34)/b21-11+/t22-,23-,24+,25-,29+,30+/m1/s1. The Morgan fingerprint density at radius 1 is 1.18 bits per heavy atom. The van der Waals surface area contributed by atoms with Crippen LogP contribution in [0.3, 0.4) is 0 Å². The summed E-state index contributed by atoms with van der Waals surface area (Å²) in [5, 5.41) is 2.71. The Labute approximate surface area is 233 Å². The molecule has 7 nitrogen and oxygen atoms in total. The average molecular weight is 589 g/mol. The van der Waals surface area contributed by atoms with Crippen molar-refractivity contribution in [3.05, 3.63) is 52.5 Å². The topological polar surface area (TPSA) is 83.1 Å². The van der Waals surface area contributed by atoms with Gasteiger partial charge in [0.1, 0.15) is 6.61 Å². The molecule has 0 bridgehead atoms. The van der Waals surface area contributed by atoms with Crippen LogP contribution in [0.5, 0.6) is 0 Å². The van der Waals surface area contributed by atoms with E-state index in [1.54, 1.807) is 12.1 Å². The lowest BCUT2D eigenvalue weighted by Gasteiger charge is -2.63. The van der Waals surface area contributed by atoms with Crippen molar-refractivity contribution in [3.63, 3.8) is 0 Å². The summed E-state index contributed by atoms with van der Waals surface area (Å²) in [5.41, 5.74) is 2.16. The predicted molar refractivity (Wildman–Crippen MR) is 147 cm³/mol. The van der Waals surface area contributed by atoms with Crippen LogP contribution >= 0.6 is 15.9 Å². The van der Waals surface area contributed by atoms with Crippen LogP contribution in [-0.4, -0.2) is 43.3 Å². The first-order chi connectivity index (χ1) is 17.9. The SMILES string of the molecule is C=C1CC[C@@H]2[C@]3(C)COC(C)(C)O[C@@H]3CC[C@@]2(C)[C@@H]1C/C=C1/C(=O)OC[C@H]1OC(=O)Nc1ccc(Br)cc1. The number of fused-ring (bicyclic) bond motifs is 3. The molecular weight excluding hydrogens is 550 g/mol. The highest BCUT2D eigenvalue weighted by atomic mass is 79.9. The molecule has 2 saturated heterocycles. The van der Waals surface area contributed by atoms with E-state index in [4.69, 9.17) is 18.9 Å². The molecule has 5 rings (SSSR count). The number of hydrogen-bond acceptors (Lipinski definition) is 6. The summed E-state index contributed by atoms with van der Waals surface area (Å²) in [6, 6.07) is 7.19. The molecule has 0 unspecified atom stereocenters. The first-order valence-corrected chi connectivity index (χ1v) is 14.3. The van der Waals surface area contributed by atoms with Gasteiger partial charge in [-0.2, -0.15) is 0 Å². The molecular formula is C30H38BrNO6. The van der Waals surface area contributed by atoms with Crippen molar-refractivity contribution in [1.82, 2.24) is 0 Å². The van der Waals surface area contributed by atoms with Gasteiger partial charge in [-0.3, -0.25) is 5.32 Å². The van der Waals surface area contributed by atoms with E-state index in [1.165, 1.54) is 5.57 Å². The van der Waals surface area contributed by atoms with Gasteiger partial charge < -0.3 is 18.9 Å². The number of allylic oxidation sites excluding steroid dienone is 2. The number of amides is 1. The number of halogens is 1. The molecule has 2 heterocycles. The maximum atomic E-state index is 12.6. The predicted octanol–water partition coefficient (Wildman–Crippen LogP) is 6.78. The second-order valence-corrected chi connectivity index (χ2v) is 13.1. The number of rotatable bonds is 4. The van der Waals surface area contributed by atoms with Crippen LogP contribution in [0.2, 0.25) is 0 Å². The number of benzene rings is 1. The molecule has 2 aliphatic heterocycles. The van der Waals surface area contributed by atoms with Crippen LogP contribution in [0.15, 0.2) is 52.5 Å². The summed E-state index contributed by atoms with van der Waals surface area (Å²) in [7, 11) is 0. The van der Waals surface area contributed by atoms with E-state index in [9.17, 15) is 9.59 Å². The van der Waals surface area contributed by atoms with Gasteiger partial charge in [-0.25, -0.2) is 9.59 Å². The number of cyclic esters (lactones) is 1. The second-order valence-electron chi connectivity index (χ2n) is 12.2. The summed E-state index contributed by atoms with van der Waals surface area (Å²) in [5.74, 6) is -0.367. The van der Waals surface area contributed by atoms with Gasteiger partial charge in [0.05, 0.1) is 18.3 Å². The summed E-state index contributed by atoms with van der Waals surface area (Å²) in [4.78, 5) is 25.2. The average Bonchev–Trinajstić information content (AvgIpc) is 3.19. The Bertz CT molecular complexity index is 1150. The molecule has 2 aliphatic carbocycles. The maximum absolute atomic E-state index is 12.6. The highest BCUT2D eigenvalue weighted by Crippen LogP contribution is 2.63. The van der Waals surface area contributed by atoms with Gasteiger partial charge >= 0.3 is 12.1 Å². The number of hydrogen-bond donors (Lipinski definition) is 1. The molecule has 1 aromatic rings. The molecule has 4 aliphatic rings. The molecule has 8 heteroatoms. The highest BCUT2D eigenvalue weighted by Gasteiger charge is 2.60. The summed E-state index contributed by atoms with van der Waals surface area (Å²) in [6.07, 6.45) is 5.38. The minimum atomic E-state index is -0.742. The molecule has 0 radical (unpaired) electrons. The van der Waals surface area contributed by atoms with E-state index in [-0.39, 0.29) is 29.5 Å². The van der Waals surface area contributed by atoms with Crippen molar-refractivity contribution in [2.24, 2.45) is 22.7 Å². The quantitative estimate of drug-likeness (QED) is 0.237. The molecule has 0 aromatic heterocycles. The minimum Gasteiger partial charge on any atom is -0.458 e. The monoisotopic (exact) mass is 587 g/mol. The lowest BCUT2D eigenvalue weighted by molar-refractivity contribution is -0.344. The van der Waals surface area contributed by atoms with Gasteiger partial charge in [0.2, 0.25) is 0 Å². The number of anilines is 1. The fourth-order valence-corrected chi connectivity index (χ4v) is 7.59. The van der Waals surface area contributed by atoms with Gasteiger partial charge in [-0.05, 0) is 87.5 Å². The van der Waals surface area contributed by atoms with Crippen LogP contribution in [0.25, 0.3) is 0 Å². The number of carbonyl (C=O) groups is 2. The van der Waals surface area contributed by atoms with Crippen molar-refractivity contribution in [3.8, 4) is 0 Å². The number of nitrogens with one attached hydrogen (secondary N) is 1. The normalized spacial score (nSPS) is 37.2. The summed E-state index contributed by atoms with van der Waals surface area (Å²) < 4.78 is 24.4. The molecule has 38 heavy (non-hydrogen) atoms. The zero-order chi connectivity index (χ0) is 27.3. The van der Waals surface area contributed by atoms with E-state index in [1.807, 2.05) is 32.1 Å². The fraction of sp³-hybridized carbons (Fsp3) is 0.600. The zero-order valence-corrected chi connectivity index (χ0v) is 24.3. The largest absolute Gasteiger partial charge is 0.458 e. The first kappa shape index (κ1) is 27.4. The number of ether oxygens (including phenoxy) is 4. The van der Waals surface area contributed by atoms with Crippen LogP contribution in [0.1, 0.15) is 59.8 Å². The Morgan fingerprint density at radius 3 is 2.66 bits per heavy atom. The smallest absolute Gasteiger partial charge is 0.412 e. The molecule has 4 fully saturated rings. The first-order valence-electron chi connectivity index (χ1n) is 13.5. The Hall–Kier alpha value is -2.16. The Morgan fingerprint density at radius 2 is 1.92 bits per heavy atom. The van der Waals surface area contributed by atoms with Gasteiger partial charge in [0.15, 0.2) is 11.9 Å². The van der Waals surface area contributed by atoms with Crippen LogP contribution in [-0.2, 0) is 23.7 Å². The molecule has 1 aromatic carbocycles. The summed E-state index contributed by atoms with van der Waals surface area (Å²) >= 11 is 3.38. The molecule has 0 spiro atoms. The molecule has 1 amide bonds. The van der Waals surface area contributed by atoms with Gasteiger partial charge in [0.25, 0.3) is 0 Å². The van der Waals surface area contributed by atoms with Crippen molar-refractivity contribution in [2.75, 3.05) is 18.5 Å². The van der Waals surface area contributed by atoms with Gasteiger partial charge in [0, 0.05) is 15.6 Å². The molecule has 2 saturated carbocycles. The third-order valence-electron chi connectivity index (χ3n) is 9.33. The van der Waals surface area contributed by atoms with E-state index in [2.05, 4.69) is 41.7 Å². The van der Waals surface area contributed by atoms with Gasteiger partial charge in [-0.15, -0.1) is 0 Å². The van der Waals surface area contributed by atoms with Crippen molar-refractivity contribution < 1.29 is 28.5 Å². The Kier molecular flexibility index (Phi) is 7.29. The third kappa shape index (κ3) is 5.07. The van der Waals surface area contributed by atoms with Crippen molar-refractivity contribution in [1.29, 1.82) is 0 Å². The lowest BCUT2D eigenvalue weighted by Crippen LogP contribution is -2.62. The van der Waals surface area contributed by atoms with Crippen LogP contribution in [0, 0.1) is 22.7 Å². The van der Waals surface area contributed by atoms with E-state index < -0.39 is 24.0 Å². The second kappa shape index (κ2) is 10.1.